The lowest BCUT2D eigenvalue weighted by Gasteiger charge is -2.18. The maximum atomic E-state index is 11.3. The summed E-state index contributed by atoms with van der Waals surface area (Å²) in [6.45, 7) is 5.84. The Morgan fingerprint density at radius 2 is 2.00 bits per heavy atom. The number of carbonyl (C=O) groups is 2. The van der Waals surface area contributed by atoms with E-state index in [1.165, 1.54) is 6.07 Å². The van der Waals surface area contributed by atoms with Crippen molar-refractivity contribution >= 4 is 22.9 Å². The SMILES string of the molecule is CC(C)c1nc2c(C(=O)O)cccc2n1C(C)CC(N)=O. The van der Waals surface area contributed by atoms with E-state index in [1.807, 2.05) is 31.4 Å². The lowest BCUT2D eigenvalue weighted by molar-refractivity contribution is -0.118. The number of aromatic nitrogens is 2. The van der Waals surface area contributed by atoms with Crippen LogP contribution in [0.1, 0.15) is 55.3 Å². The van der Waals surface area contributed by atoms with Gasteiger partial charge in [0, 0.05) is 18.4 Å². The van der Waals surface area contributed by atoms with Gasteiger partial charge in [0.05, 0.1) is 11.1 Å². The maximum Gasteiger partial charge on any atom is 0.337 e. The van der Waals surface area contributed by atoms with Crippen LogP contribution < -0.4 is 5.73 Å². The average Bonchev–Trinajstić information content (AvgIpc) is 2.76. The first-order chi connectivity index (χ1) is 9.82. The van der Waals surface area contributed by atoms with Crippen LogP contribution in [0.4, 0.5) is 0 Å². The third-order valence-corrected chi connectivity index (χ3v) is 3.43. The summed E-state index contributed by atoms with van der Waals surface area (Å²) in [6, 6.07) is 4.86. The molecule has 1 aromatic heterocycles. The van der Waals surface area contributed by atoms with Crippen molar-refractivity contribution in [3.05, 3.63) is 29.6 Å². The number of amides is 1. The molecule has 1 aromatic carbocycles. The van der Waals surface area contributed by atoms with Gasteiger partial charge in [0.15, 0.2) is 0 Å². The van der Waals surface area contributed by atoms with Crippen LogP contribution in [0.25, 0.3) is 11.0 Å². The number of imidazole rings is 1. The summed E-state index contributed by atoms with van der Waals surface area (Å²) < 4.78 is 1.91. The summed E-state index contributed by atoms with van der Waals surface area (Å²) in [5.74, 6) is -0.543. The van der Waals surface area contributed by atoms with Crippen molar-refractivity contribution in [2.24, 2.45) is 5.73 Å². The van der Waals surface area contributed by atoms with Crippen molar-refractivity contribution in [3.63, 3.8) is 0 Å². The Morgan fingerprint density at radius 1 is 1.33 bits per heavy atom. The molecular weight excluding hydrogens is 270 g/mol. The summed E-state index contributed by atoms with van der Waals surface area (Å²) in [5, 5.41) is 9.28. The van der Waals surface area contributed by atoms with Crippen molar-refractivity contribution in [3.8, 4) is 0 Å². The number of carboxylic acids is 1. The van der Waals surface area contributed by atoms with E-state index >= 15 is 0 Å². The first-order valence-corrected chi connectivity index (χ1v) is 6.85. The summed E-state index contributed by atoms with van der Waals surface area (Å²) in [5.41, 5.74) is 6.61. The quantitative estimate of drug-likeness (QED) is 0.882. The molecule has 0 aliphatic carbocycles. The molecule has 112 valence electrons. The molecule has 6 heteroatoms. The molecule has 1 heterocycles. The average molecular weight is 289 g/mol. The zero-order valence-corrected chi connectivity index (χ0v) is 12.3. The predicted molar refractivity (Wildman–Crippen MR) is 79.3 cm³/mol. The fourth-order valence-electron chi connectivity index (χ4n) is 2.56. The minimum absolute atomic E-state index is 0.106. The standard InChI is InChI=1S/C15H19N3O3/c1-8(2)14-17-13-10(15(20)21)5-4-6-11(13)18(14)9(3)7-12(16)19/h4-6,8-9H,7H2,1-3H3,(H2,16,19)(H,20,21). The Labute approximate surface area is 122 Å². The zero-order valence-electron chi connectivity index (χ0n) is 12.3. The highest BCUT2D eigenvalue weighted by molar-refractivity contribution is 6.01. The molecule has 2 aromatic rings. The minimum Gasteiger partial charge on any atom is -0.478 e. The topological polar surface area (TPSA) is 98.2 Å². The Kier molecular flexibility index (Phi) is 3.97. The number of hydrogen-bond acceptors (Lipinski definition) is 3. The number of benzene rings is 1. The summed E-state index contributed by atoms with van der Waals surface area (Å²) in [6.07, 6.45) is 0.183. The lowest BCUT2D eigenvalue weighted by atomic mass is 10.1. The second-order valence-electron chi connectivity index (χ2n) is 5.49. The minimum atomic E-state index is -1.01. The summed E-state index contributed by atoms with van der Waals surface area (Å²) >= 11 is 0. The third-order valence-electron chi connectivity index (χ3n) is 3.43. The molecular formula is C15H19N3O3. The van der Waals surface area contributed by atoms with Gasteiger partial charge in [0.25, 0.3) is 0 Å². The number of rotatable bonds is 5. The van der Waals surface area contributed by atoms with Crippen LogP contribution in [0.5, 0.6) is 0 Å². The van der Waals surface area contributed by atoms with Crippen LogP contribution in [0.2, 0.25) is 0 Å². The van der Waals surface area contributed by atoms with Gasteiger partial charge in [-0.3, -0.25) is 4.79 Å². The number of nitrogens with zero attached hydrogens (tertiary/aromatic N) is 2. The van der Waals surface area contributed by atoms with Crippen molar-refractivity contribution in [2.45, 2.75) is 39.2 Å². The molecule has 0 fully saturated rings. The Bertz CT molecular complexity index is 703. The van der Waals surface area contributed by atoms with Gasteiger partial charge in [0.1, 0.15) is 11.3 Å². The molecule has 6 nitrogen and oxygen atoms in total. The molecule has 0 saturated heterocycles. The molecule has 1 unspecified atom stereocenters. The fourth-order valence-corrected chi connectivity index (χ4v) is 2.56. The summed E-state index contributed by atoms with van der Waals surface area (Å²) in [4.78, 5) is 27.0. The predicted octanol–water partition coefficient (Wildman–Crippen LogP) is 2.29. The van der Waals surface area contributed by atoms with Crippen LogP contribution in [0.3, 0.4) is 0 Å². The molecule has 0 bridgehead atoms. The molecule has 3 N–H and O–H groups in total. The van der Waals surface area contributed by atoms with E-state index in [2.05, 4.69) is 4.98 Å². The van der Waals surface area contributed by atoms with Crippen molar-refractivity contribution in [2.75, 3.05) is 0 Å². The van der Waals surface area contributed by atoms with Gasteiger partial charge in [-0.05, 0) is 19.1 Å². The first-order valence-electron chi connectivity index (χ1n) is 6.85. The van der Waals surface area contributed by atoms with E-state index in [4.69, 9.17) is 5.73 Å². The van der Waals surface area contributed by atoms with Gasteiger partial charge < -0.3 is 15.4 Å². The monoisotopic (exact) mass is 289 g/mol. The van der Waals surface area contributed by atoms with E-state index in [9.17, 15) is 14.7 Å². The fraction of sp³-hybridized carbons (Fsp3) is 0.400. The number of fused-ring (bicyclic) bond motifs is 1. The first kappa shape index (κ1) is 15.0. The van der Waals surface area contributed by atoms with Crippen molar-refractivity contribution < 1.29 is 14.7 Å². The second kappa shape index (κ2) is 5.55. The highest BCUT2D eigenvalue weighted by Gasteiger charge is 2.22. The lowest BCUT2D eigenvalue weighted by Crippen LogP contribution is -2.19. The van der Waals surface area contributed by atoms with E-state index in [0.717, 1.165) is 5.82 Å². The van der Waals surface area contributed by atoms with Crippen LogP contribution in [-0.4, -0.2) is 26.5 Å². The number of aromatic carboxylic acids is 1. The van der Waals surface area contributed by atoms with E-state index < -0.39 is 11.9 Å². The number of primary amides is 1. The highest BCUT2D eigenvalue weighted by atomic mass is 16.4. The van der Waals surface area contributed by atoms with Gasteiger partial charge in [0.2, 0.25) is 5.91 Å². The van der Waals surface area contributed by atoms with Crippen LogP contribution in [-0.2, 0) is 4.79 Å². The largest absolute Gasteiger partial charge is 0.478 e. The van der Waals surface area contributed by atoms with E-state index in [0.29, 0.717) is 11.0 Å². The van der Waals surface area contributed by atoms with Gasteiger partial charge in [-0.1, -0.05) is 19.9 Å². The number of nitrogens with two attached hydrogens (primary N) is 1. The van der Waals surface area contributed by atoms with E-state index in [-0.39, 0.29) is 23.9 Å². The molecule has 0 saturated carbocycles. The molecule has 1 atom stereocenters. The van der Waals surface area contributed by atoms with Crippen molar-refractivity contribution in [1.82, 2.24) is 9.55 Å². The van der Waals surface area contributed by atoms with Crippen LogP contribution >= 0.6 is 0 Å². The van der Waals surface area contributed by atoms with Crippen LogP contribution in [0, 0.1) is 0 Å². The maximum absolute atomic E-state index is 11.3. The van der Waals surface area contributed by atoms with Gasteiger partial charge in [-0.2, -0.15) is 0 Å². The Morgan fingerprint density at radius 3 is 2.52 bits per heavy atom. The second-order valence-corrected chi connectivity index (χ2v) is 5.49. The number of hydrogen-bond donors (Lipinski definition) is 2. The Balaban J connectivity index is 2.72. The van der Waals surface area contributed by atoms with Crippen LogP contribution in [0.15, 0.2) is 18.2 Å². The third kappa shape index (κ3) is 2.74. The van der Waals surface area contributed by atoms with Gasteiger partial charge in [-0.15, -0.1) is 0 Å². The van der Waals surface area contributed by atoms with Crippen molar-refractivity contribution in [1.29, 1.82) is 0 Å². The highest BCUT2D eigenvalue weighted by Crippen LogP contribution is 2.29. The number of para-hydroxylation sites is 1. The molecule has 0 radical (unpaired) electrons. The summed E-state index contributed by atoms with van der Waals surface area (Å²) in [7, 11) is 0. The molecule has 21 heavy (non-hydrogen) atoms. The van der Waals surface area contributed by atoms with E-state index in [1.54, 1.807) is 6.07 Å². The zero-order chi connectivity index (χ0) is 15.7. The normalized spacial score (nSPS) is 12.8. The molecule has 0 aliphatic rings. The van der Waals surface area contributed by atoms with Gasteiger partial charge >= 0.3 is 5.97 Å². The Hall–Kier alpha value is -2.37. The molecule has 0 aliphatic heterocycles. The van der Waals surface area contributed by atoms with Gasteiger partial charge in [-0.25, -0.2) is 9.78 Å². The molecule has 2 rings (SSSR count). The molecule has 0 spiro atoms. The number of carboxylic acid groups (broad SMARTS) is 1. The smallest absolute Gasteiger partial charge is 0.337 e. The number of carbonyl (C=O) groups excluding carboxylic acids is 1. The molecule has 1 amide bonds.